The summed E-state index contributed by atoms with van der Waals surface area (Å²) in [5.74, 6) is -0.0982. The van der Waals surface area contributed by atoms with Crippen LogP contribution in [0.2, 0.25) is 0 Å². The minimum Gasteiger partial charge on any atom is -0.740 e. The summed E-state index contributed by atoms with van der Waals surface area (Å²) in [5.41, 5.74) is 0.287. The summed E-state index contributed by atoms with van der Waals surface area (Å²) in [4.78, 5) is 20.8. The van der Waals surface area contributed by atoms with E-state index >= 15 is 0 Å². The van der Waals surface area contributed by atoms with Crippen molar-refractivity contribution in [3.8, 4) is 5.75 Å². The lowest BCUT2D eigenvalue weighted by Gasteiger charge is -2.08. The van der Waals surface area contributed by atoms with E-state index in [1.54, 1.807) is 0 Å². The first-order valence-electron chi connectivity index (χ1n) is 3.49. The summed E-state index contributed by atoms with van der Waals surface area (Å²) in [6.07, 6.45) is 0.958. The van der Waals surface area contributed by atoms with Crippen molar-refractivity contribution >= 4 is 23.9 Å². The molecular formula is C8H5O5S-. The Labute approximate surface area is 82.2 Å². The fourth-order valence-electron chi connectivity index (χ4n) is 0.882. The first kappa shape index (κ1) is 10.6. The molecule has 0 N–H and O–H groups in total. The molecule has 1 atom stereocenters. The third-order valence-corrected chi connectivity index (χ3v) is 1.77. The van der Waals surface area contributed by atoms with E-state index in [4.69, 9.17) is 0 Å². The molecule has 5 nitrogen and oxygen atoms in total. The number of benzene rings is 1. The van der Waals surface area contributed by atoms with Gasteiger partial charge in [-0.2, -0.15) is 0 Å². The standard InChI is InChI=1S/C8H6O5S/c9-4-6-1-2-8(13-14(11)12)7(3-6)5-10/h1-5H,(H,11,12)/p-1. The van der Waals surface area contributed by atoms with E-state index in [0.29, 0.717) is 12.6 Å². The van der Waals surface area contributed by atoms with Crippen LogP contribution in [-0.2, 0) is 11.4 Å². The molecule has 1 unspecified atom stereocenters. The molecule has 1 aromatic rings. The molecule has 0 aliphatic heterocycles. The molecule has 0 bridgehead atoms. The summed E-state index contributed by atoms with van der Waals surface area (Å²) in [6.45, 7) is 0. The van der Waals surface area contributed by atoms with Gasteiger partial charge in [0.15, 0.2) is 6.29 Å². The maximum atomic E-state index is 10.5. The third kappa shape index (κ3) is 2.48. The van der Waals surface area contributed by atoms with E-state index in [9.17, 15) is 18.4 Å². The molecule has 1 aromatic carbocycles. The Bertz CT molecular complexity index is 387. The molecule has 6 heteroatoms. The summed E-state index contributed by atoms with van der Waals surface area (Å²) >= 11 is -2.73. The number of aldehydes is 2. The van der Waals surface area contributed by atoms with Crippen LogP contribution in [-0.4, -0.2) is 21.3 Å². The van der Waals surface area contributed by atoms with Gasteiger partial charge < -0.3 is 8.74 Å². The van der Waals surface area contributed by atoms with Crippen molar-refractivity contribution in [1.29, 1.82) is 0 Å². The fraction of sp³-hybridized carbons (Fsp3) is 0. The fourth-order valence-corrected chi connectivity index (χ4v) is 1.18. The number of hydrogen-bond acceptors (Lipinski definition) is 5. The van der Waals surface area contributed by atoms with E-state index in [2.05, 4.69) is 4.18 Å². The van der Waals surface area contributed by atoms with Crippen LogP contribution in [0.1, 0.15) is 20.7 Å². The second-order valence-electron chi connectivity index (χ2n) is 2.32. The summed E-state index contributed by atoms with van der Waals surface area (Å²) in [7, 11) is 0. The zero-order valence-corrected chi connectivity index (χ0v) is 7.65. The van der Waals surface area contributed by atoms with Gasteiger partial charge in [-0.15, -0.1) is 0 Å². The predicted octanol–water partition coefficient (Wildman–Crippen LogP) is 0.485. The molecule has 0 heterocycles. The van der Waals surface area contributed by atoms with E-state index in [0.717, 1.165) is 0 Å². The Hall–Kier alpha value is -1.53. The van der Waals surface area contributed by atoms with Gasteiger partial charge >= 0.3 is 0 Å². The molecule has 0 saturated heterocycles. The zero-order chi connectivity index (χ0) is 10.6. The smallest absolute Gasteiger partial charge is 0.153 e. The molecule has 0 amide bonds. The van der Waals surface area contributed by atoms with Crippen molar-refractivity contribution in [3.63, 3.8) is 0 Å². The van der Waals surface area contributed by atoms with Gasteiger partial charge in [0.2, 0.25) is 0 Å². The molecule has 0 radical (unpaired) electrons. The van der Waals surface area contributed by atoms with Crippen molar-refractivity contribution in [1.82, 2.24) is 0 Å². The predicted molar refractivity (Wildman–Crippen MR) is 46.8 cm³/mol. The van der Waals surface area contributed by atoms with Crippen LogP contribution in [0.25, 0.3) is 0 Å². The lowest BCUT2D eigenvalue weighted by atomic mass is 10.1. The molecular weight excluding hydrogens is 208 g/mol. The average Bonchev–Trinajstić information content (AvgIpc) is 2.17. The second-order valence-corrected chi connectivity index (χ2v) is 2.90. The van der Waals surface area contributed by atoms with Crippen molar-refractivity contribution in [3.05, 3.63) is 29.3 Å². The second kappa shape index (κ2) is 4.64. The van der Waals surface area contributed by atoms with Gasteiger partial charge in [-0.1, -0.05) is 0 Å². The summed E-state index contributed by atoms with van der Waals surface area (Å²) in [5, 5.41) is 0. The van der Waals surface area contributed by atoms with E-state index in [1.807, 2.05) is 0 Å². The van der Waals surface area contributed by atoms with Crippen LogP contribution in [0.3, 0.4) is 0 Å². The van der Waals surface area contributed by atoms with Crippen LogP contribution >= 0.6 is 0 Å². The maximum absolute atomic E-state index is 10.5. The van der Waals surface area contributed by atoms with Gasteiger partial charge in [-0.3, -0.25) is 9.59 Å². The molecule has 74 valence electrons. The Morgan fingerprint density at radius 2 is 2.00 bits per heavy atom. The summed E-state index contributed by atoms with van der Waals surface area (Å²) in [6, 6.07) is 3.83. The van der Waals surface area contributed by atoms with Crippen molar-refractivity contribution < 1.29 is 22.5 Å². The number of carbonyl (C=O) groups excluding carboxylic acids is 2. The maximum Gasteiger partial charge on any atom is 0.153 e. The highest BCUT2D eigenvalue weighted by Crippen LogP contribution is 2.18. The molecule has 1 rings (SSSR count). The molecule has 0 aliphatic rings. The highest BCUT2D eigenvalue weighted by Gasteiger charge is 2.04. The molecule has 0 spiro atoms. The molecule has 0 fully saturated rings. The number of rotatable bonds is 4. The monoisotopic (exact) mass is 213 g/mol. The SMILES string of the molecule is O=Cc1ccc(OS(=O)[O-])c(C=O)c1. The average molecular weight is 213 g/mol. The van der Waals surface area contributed by atoms with Gasteiger partial charge in [0.25, 0.3) is 0 Å². The van der Waals surface area contributed by atoms with Crippen LogP contribution in [0.4, 0.5) is 0 Å². The van der Waals surface area contributed by atoms with Gasteiger partial charge in [-0.05, 0) is 18.2 Å². The largest absolute Gasteiger partial charge is 0.740 e. The van der Waals surface area contributed by atoms with Gasteiger partial charge in [0.05, 0.1) is 5.56 Å². The lowest BCUT2D eigenvalue weighted by Crippen LogP contribution is -2.01. The molecule has 14 heavy (non-hydrogen) atoms. The minimum atomic E-state index is -2.73. The zero-order valence-electron chi connectivity index (χ0n) is 6.84. The normalized spacial score (nSPS) is 11.8. The van der Waals surface area contributed by atoms with Gasteiger partial charge in [0, 0.05) is 5.56 Å². The van der Waals surface area contributed by atoms with Crippen LogP contribution in [0.15, 0.2) is 18.2 Å². The quantitative estimate of drug-likeness (QED) is 0.536. The van der Waals surface area contributed by atoms with Gasteiger partial charge in [0.1, 0.15) is 23.4 Å². The first-order chi connectivity index (χ1) is 6.67. The number of hydrogen-bond donors (Lipinski definition) is 0. The lowest BCUT2D eigenvalue weighted by molar-refractivity contribution is 0.112. The van der Waals surface area contributed by atoms with Crippen LogP contribution < -0.4 is 4.18 Å². The van der Waals surface area contributed by atoms with Crippen LogP contribution in [0, 0.1) is 0 Å². The van der Waals surface area contributed by atoms with Crippen molar-refractivity contribution in [2.45, 2.75) is 0 Å². The first-order valence-corrected chi connectivity index (χ1v) is 4.49. The van der Waals surface area contributed by atoms with Gasteiger partial charge in [-0.25, -0.2) is 4.21 Å². The van der Waals surface area contributed by atoms with Crippen LogP contribution in [0.5, 0.6) is 5.75 Å². The Morgan fingerprint density at radius 1 is 1.29 bits per heavy atom. The Balaban J connectivity index is 3.10. The van der Waals surface area contributed by atoms with E-state index in [1.165, 1.54) is 18.2 Å². The topological polar surface area (TPSA) is 83.5 Å². The van der Waals surface area contributed by atoms with Crippen molar-refractivity contribution in [2.24, 2.45) is 0 Å². The Kier molecular flexibility index (Phi) is 3.49. The van der Waals surface area contributed by atoms with E-state index < -0.39 is 11.4 Å². The minimum absolute atomic E-state index is 0.0128. The highest BCUT2D eigenvalue weighted by atomic mass is 32.2. The third-order valence-electron chi connectivity index (χ3n) is 1.45. The molecule has 0 aromatic heterocycles. The van der Waals surface area contributed by atoms with Crippen molar-refractivity contribution in [2.75, 3.05) is 0 Å². The number of carbonyl (C=O) groups is 2. The summed E-state index contributed by atoms with van der Waals surface area (Å²) < 4.78 is 24.7. The molecule has 0 saturated carbocycles. The van der Waals surface area contributed by atoms with E-state index in [-0.39, 0.29) is 16.9 Å². The Morgan fingerprint density at radius 3 is 2.50 bits per heavy atom. The molecule has 0 aliphatic carbocycles. The highest BCUT2D eigenvalue weighted by molar-refractivity contribution is 7.74.